The Hall–Kier alpha value is 0.260. The van der Waals surface area contributed by atoms with Crippen molar-refractivity contribution >= 4 is 72.9 Å². The smallest absolute Gasteiger partial charge is 0.550 e. The van der Waals surface area contributed by atoms with Crippen LogP contribution in [0.15, 0.2) is 22.2 Å². The standard InChI is InChI=1S/2C8H13ClO2.Ca/c2*1-2-7(9)5-3-4-6-8(10)11;/h2*5H,2-4,6H2,1H3,(H,10,11);/q;;+2/p-2/b2*7-5-;. The second-order valence-electron chi connectivity index (χ2n) is 4.54. The fraction of sp³-hybridized carbons (Fsp3) is 0.625. The summed E-state index contributed by atoms with van der Waals surface area (Å²) in [5, 5.41) is 21.5. The average Bonchev–Trinajstić information content (AvgIpc) is 2.47. The number of halogens is 2. The van der Waals surface area contributed by atoms with Crippen LogP contribution in [0.2, 0.25) is 0 Å². The predicted molar refractivity (Wildman–Crippen MR) is 91.9 cm³/mol. The van der Waals surface area contributed by atoms with Crippen molar-refractivity contribution in [1.29, 1.82) is 0 Å². The number of rotatable bonds is 10. The minimum atomic E-state index is -0.994. The van der Waals surface area contributed by atoms with E-state index in [-0.39, 0.29) is 50.6 Å². The van der Waals surface area contributed by atoms with Crippen molar-refractivity contribution < 1.29 is 19.8 Å². The molecular weight excluding hydrogens is 367 g/mol. The van der Waals surface area contributed by atoms with E-state index in [9.17, 15) is 19.8 Å². The van der Waals surface area contributed by atoms with Gasteiger partial charge in [-0.15, -0.1) is 0 Å². The molecule has 0 saturated heterocycles. The summed E-state index contributed by atoms with van der Waals surface area (Å²) < 4.78 is 0. The first kappa shape index (κ1) is 28.1. The summed E-state index contributed by atoms with van der Waals surface area (Å²) in [5.41, 5.74) is 0. The van der Waals surface area contributed by atoms with Crippen LogP contribution in [0.5, 0.6) is 0 Å². The zero-order chi connectivity index (χ0) is 17.4. The molecule has 0 N–H and O–H groups in total. The molecule has 0 heterocycles. The molecule has 0 spiro atoms. The largest absolute Gasteiger partial charge is 2.00 e. The van der Waals surface area contributed by atoms with Gasteiger partial charge >= 0.3 is 37.7 Å². The van der Waals surface area contributed by atoms with Crippen molar-refractivity contribution in [3.63, 3.8) is 0 Å². The topological polar surface area (TPSA) is 80.3 Å². The number of aliphatic carboxylic acids is 2. The molecule has 0 saturated carbocycles. The van der Waals surface area contributed by atoms with Gasteiger partial charge in [-0.25, -0.2) is 0 Å². The van der Waals surface area contributed by atoms with Gasteiger partial charge in [0.05, 0.1) is 0 Å². The Kier molecular flexibility index (Phi) is 24.8. The van der Waals surface area contributed by atoms with E-state index in [1.54, 1.807) is 0 Å². The Morgan fingerprint density at radius 2 is 1.13 bits per heavy atom. The Bertz CT molecular complexity index is 346. The van der Waals surface area contributed by atoms with Crippen LogP contribution in [0.1, 0.15) is 65.2 Å². The molecule has 0 aromatic heterocycles. The van der Waals surface area contributed by atoms with Crippen molar-refractivity contribution in [3.8, 4) is 0 Å². The number of hydrogen-bond donors (Lipinski definition) is 0. The summed E-state index contributed by atoms with van der Waals surface area (Å²) in [6.45, 7) is 3.91. The van der Waals surface area contributed by atoms with E-state index in [1.165, 1.54) is 0 Å². The van der Waals surface area contributed by atoms with Gasteiger partial charge in [0.15, 0.2) is 0 Å². The maximum atomic E-state index is 9.95. The number of carbonyl (C=O) groups is 2. The minimum absolute atomic E-state index is 0. The van der Waals surface area contributed by atoms with E-state index < -0.39 is 11.9 Å². The molecule has 23 heavy (non-hydrogen) atoms. The first-order valence-corrected chi connectivity index (χ1v) is 8.17. The maximum Gasteiger partial charge on any atom is 2.00 e. The van der Waals surface area contributed by atoms with Crippen LogP contribution in [0, 0.1) is 0 Å². The number of carbonyl (C=O) groups excluding carboxylic acids is 2. The molecule has 0 amide bonds. The zero-order valence-corrected chi connectivity index (χ0v) is 17.6. The van der Waals surface area contributed by atoms with Gasteiger partial charge in [0.25, 0.3) is 0 Å². The SMILES string of the molecule is CC/C(Cl)=C/CCCC(=O)[O-].CC/C(Cl)=C/CCCC(=O)[O-].[Ca+2]. The first-order chi connectivity index (χ1) is 10.3. The third kappa shape index (κ3) is 27.4. The van der Waals surface area contributed by atoms with E-state index in [1.807, 2.05) is 26.0 Å². The minimum Gasteiger partial charge on any atom is -0.550 e. The van der Waals surface area contributed by atoms with Gasteiger partial charge in [0.1, 0.15) is 0 Å². The van der Waals surface area contributed by atoms with Gasteiger partial charge in [-0.2, -0.15) is 0 Å². The summed E-state index contributed by atoms with van der Waals surface area (Å²) in [7, 11) is 0. The molecule has 4 nitrogen and oxygen atoms in total. The molecule has 0 unspecified atom stereocenters. The average molecular weight is 391 g/mol. The zero-order valence-electron chi connectivity index (χ0n) is 13.9. The van der Waals surface area contributed by atoms with Crippen LogP contribution in [0.4, 0.5) is 0 Å². The van der Waals surface area contributed by atoms with Crippen LogP contribution in [0.3, 0.4) is 0 Å². The molecule has 0 aliphatic carbocycles. The molecule has 128 valence electrons. The third-order valence-electron chi connectivity index (χ3n) is 2.58. The number of carboxylic acids is 2. The molecule has 0 aromatic rings. The fourth-order valence-corrected chi connectivity index (χ4v) is 1.52. The van der Waals surface area contributed by atoms with E-state index in [2.05, 4.69) is 0 Å². The van der Waals surface area contributed by atoms with E-state index >= 15 is 0 Å². The van der Waals surface area contributed by atoms with Gasteiger partial charge in [0, 0.05) is 22.0 Å². The van der Waals surface area contributed by atoms with Crippen LogP contribution >= 0.6 is 23.2 Å². The van der Waals surface area contributed by atoms with Gasteiger partial charge in [-0.1, -0.05) is 49.2 Å². The summed E-state index contributed by atoms with van der Waals surface area (Å²) in [6, 6.07) is 0. The Labute approximate surface area is 178 Å². The molecule has 0 rings (SSSR count). The Morgan fingerprint density at radius 1 is 0.826 bits per heavy atom. The fourth-order valence-electron chi connectivity index (χ4n) is 1.30. The van der Waals surface area contributed by atoms with E-state index in [0.29, 0.717) is 12.8 Å². The van der Waals surface area contributed by atoms with Gasteiger partial charge in [-0.3, -0.25) is 0 Å². The summed E-state index contributed by atoms with van der Waals surface area (Å²) >= 11 is 11.4. The third-order valence-corrected chi connectivity index (χ3v) is 3.42. The monoisotopic (exact) mass is 390 g/mol. The van der Waals surface area contributed by atoms with E-state index in [4.69, 9.17) is 23.2 Å². The summed E-state index contributed by atoms with van der Waals surface area (Å²) in [4.78, 5) is 19.9. The molecule has 0 radical (unpaired) electrons. The molecule has 0 bridgehead atoms. The maximum absolute atomic E-state index is 9.95. The summed E-state index contributed by atoms with van der Waals surface area (Å²) in [6.07, 6.45) is 8.22. The van der Waals surface area contributed by atoms with Crippen LogP contribution in [-0.4, -0.2) is 49.7 Å². The van der Waals surface area contributed by atoms with Crippen molar-refractivity contribution in [2.45, 2.75) is 65.2 Å². The second-order valence-corrected chi connectivity index (χ2v) is 5.51. The van der Waals surface area contributed by atoms with Crippen molar-refractivity contribution in [3.05, 3.63) is 22.2 Å². The number of carboxylic acid groups (broad SMARTS) is 2. The Morgan fingerprint density at radius 3 is 1.35 bits per heavy atom. The predicted octanol–water partition coefficient (Wildman–Crippen LogP) is 2.50. The van der Waals surface area contributed by atoms with Crippen LogP contribution < -0.4 is 10.2 Å². The molecule has 0 atom stereocenters. The number of allylic oxidation sites excluding steroid dienone is 4. The molecule has 7 heteroatoms. The number of hydrogen-bond acceptors (Lipinski definition) is 4. The molecule has 0 aliphatic heterocycles. The van der Waals surface area contributed by atoms with Gasteiger partial charge in [-0.05, 0) is 51.4 Å². The van der Waals surface area contributed by atoms with Crippen molar-refractivity contribution in [2.24, 2.45) is 0 Å². The molecule has 0 aromatic carbocycles. The van der Waals surface area contributed by atoms with E-state index in [0.717, 1.165) is 35.7 Å². The summed E-state index contributed by atoms with van der Waals surface area (Å²) in [5.74, 6) is -1.99. The quantitative estimate of drug-likeness (QED) is 0.423. The van der Waals surface area contributed by atoms with Crippen LogP contribution in [0.25, 0.3) is 0 Å². The van der Waals surface area contributed by atoms with Gasteiger partial charge in [0.2, 0.25) is 0 Å². The Balaban J connectivity index is -0.000000333. The van der Waals surface area contributed by atoms with Crippen LogP contribution in [-0.2, 0) is 9.59 Å². The molecule has 0 aliphatic rings. The van der Waals surface area contributed by atoms with Crippen molar-refractivity contribution in [1.82, 2.24) is 0 Å². The first-order valence-electron chi connectivity index (χ1n) is 7.42. The molecule has 0 fully saturated rings. The van der Waals surface area contributed by atoms with Crippen molar-refractivity contribution in [2.75, 3.05) is 0 Å². The van der Waals surface area contributed by atoms with Gasteiger partial charge < -0.3 is 19.8 Å². The normalized spacial score (nSPS) is 11.1. The number of unbranched alkanes of at least 4 members (excludes halogenated alkanes) is 2. The second kappa shape index (κ2) is 20.3. The molecular formula is C16H24CaCl2O4.